The van der Waals surface area contributed by atoms with E-state index in [0.717, 1.165) is 30.2 Å². The molecule has 0 aliphatic carbocycles. The lowest BCUT2D eigenvalue weighted by molar-refractivity contribution is -0.140. The molecule has 0 saturated carbocycles. The summed E-state index contributed by atoms with van der Waals surface area (Å²) in [5, 5.41) is 3.87. The molecule has 0 radical (unpaired) electrons. The minimum Gasteiger partial charge on any atom is -0.353 e. The van der Waals surface area contributed by atoms with Crippen LogP contribution in [0.4, 0.5) is 0 Å². The fourth-order valence-corrected chi connectivity index (χ4v) is 3.29. The highest BCUT2D eigenvalue weighted by atomic mass is 32.2. The standard InChI is InChI=1S/C14H22N4O2S/c1-11(19)18-8-4-3-5-12(18)13(20)15-7-10-21-14-16-6-9-17(14)2/h6,9,12H,3-5,7-8,10H2,1-2H3,(H,15,20). The number of hydrogen-bond acceptors (Lipinski definition) is 4. The highest BCUT2D eigenvalue weighted by Gasteiger charge is 2.29. The van der Waals surface area contributed by atoms with E-state index in [-0.39, 0.29) is 17.9 Å². The summed E-state index contributed by atoms with van der Waals surface area (Å²) in [6.45, 7) is 2.80. The van der Waals surface area contributed by atoms with Gasteiger partial charge in [-0.15, -0.1) is 0 Å². The predicted molar refractivity (Wildman–Crippen MR) is 82.0 cm³/mol. The van der Waals surface area contributed by atoms with Crippen molar-refractivity contribution in [2.75, 3.05) is 18.8 Å². The number of likely N-dealkylation sites (tertiary alicyclic amines) is 1. The summed E-state index contributed by atoms with van der Waals surface area (Å²) >= 11 is 1.61. The highest BCUT2D eigenvalue weighted by molar-refractivity contribution is 7.99. The number of amides is 2. The number of hydrogen-bond donors (Lipinski definition) is 1. The van der Waals surface area contributed by atoms with Crippen molar-refractivity contribution in [3.05, 3.63) is 12.4 Å². The minimum atomic E-state index is -0.297. The number of piperidine rings is 1. The van der Waals surface area contributed by atoms with Crippen LogP contribution < -0.4 is 5.32 Å². The van der Waals surface area contributed by atoms with Gasteiger partial charge in [-0.25, -0.2) is 4.98 Å². The summed E-state index contributed by atoms with van der Waals surface area (Å²) in [6.07, 6.45) is 6.40. The van der Waals surface area contributed by atoms with Crippen molar-refractivity contribution >= 4 is 23.6 Å². The Morgan fingerprint density at radius 1 is 1.48 bits per heavy atom. The fraction of sp³-hybridized carbons (Fsp3) is 0.643. The van der Waals surface area contributed by atoms with Gasteiger partial charge in [0, 0.05) is 45.2 Å². The molecule has 1 aromatic rings. The van der Waals surface area contributed by atoms with Crippen molar-refractivity contribution in [1.29, 1.82) is 0 Å². The third-order valence-corrected chi connectivity index (χ3v) is 4.68. The molecule has 21 heavy (non-hydrogen) atoms. The van der Waals surface area contributed by atoms with Crippen LogP contribution in [0.15, 0.2) is 17.6 Å². The molecule has 6 nitrogen and oxygen atoms in total. The van der Waals surface area contributed by atoms with E-state index < -0.39 is 0 Å². The first-order chi connectivity index (χ1) is 10.1. The van der Waals surface area contributed by atoms with E-state index >= 15 is 0 Å². The van der Waals surface area contributed by atoms with Crippen LogP contribution in [0, 0.1) is 0 Å². The van der Waals surface area contributed by atoms with Crippen molar-refractivity contribution < 1.29 is 9.59 Å². The van der Waals surface area contributed by atoms with E-state index in [4.69, 9.17) is 0 Å². The van der Waals surface area contributed by atoms with Crippen LogP contribution in [0.2, 0.25) is 0 Å². The van der Waals surface area contributed by atoms with E-state index in [1.807, 2.05) is 17.8 Å². The maximum absolute atomic E-state index is 12.2. The Labute approximate surface area is 129 Å². The van der Waals surface area contributed by atoms with Crippen molar-refractivity contribution in [1.82, 2.24) is 19.8 Å². The maximum atomic E-state index is 12.2. The minimum absolute atomic E-state index is 0.0164. The Kier molecular flexibility index (Phi) is 5.67. The van der Waals surface area contributed by atoms with Gasteiger partial charge in [0.25, 0.3) is 0 Å². The monoisotopic (exact) mass is 310 g/mol. The van der Waals surface area contributed by atoms with Gasteiger partial charge in [-0.2, -0.15) is 0 Å². The van der Waals surface area contributed by atoms with Crippen molar-refractivity contribution in [3.63, 3.8) is 0 Å². The molecule has 2 heterocycles. The van der Waals surface area contributed by atoms with Gasteiger partial charge < -0.3 is 14.8 Å². The number of aryl methyl sites for hydroxylation is 1. The van der Waals surface area contributed by atoms with Crippen molar-refractivity contribution in [3.8, 4) is 0 Å². The van der Waals surface area contributed by atoms with E-state index in [0.29, 0.717) is 13.1 Å². The predicted octanol–water partition coefficient (Wildman–Crippen LogP) is 1.03. The van der Waals surface area contributed by atoms with Gasteiger partial charge in [0.15, 0.2) is 5.16 Å². The molecule has 116 valence electrons. The second-order valence-electron chi connectivity index (χ2n) is 5.18. The Hall–Kier alpha value is -1.50. The highest BCUT2D eigenvalue weighted by Crippen LogP contribution is 2.17. The SMILES string of the molecule is CC(=O)N1CCCCC1C(=O)NCCSc1nccn1C. The number of rotatable bonds is 5. The second kappa shape index (κ2) is 7.49. The van der Waals surface area contributed by atoms with E-state index in [1.165, 1.54) is 6.92 Å². The molecule has 1 unspecified atom stereocenters. The molecule has 0 aromatic carbocycles. The lowest BCUT2D eigenvalue weighted by atomic mass is 10.0. The number of imidazole rings is 1. The summed E-state index contributed by atoms with van der Waals surface area (Å²) in [4.78, 5) is 29.7. The second-order valence-corrected chi connectivity index (χ2v) is 6.25. The van der Waals surface area contributed by atoms with Crippen LogP contribution in [0.3, 0.4) is 0 Å². The molecule has 2 amide bonds. The molecule has 7 heteroatoms. The first-order valence-corrected chi connectivity index (χ1v) is 8.23. The number of aromatic nitrogens is 2. The fourth-order valence-electron chi connectivity index (χ4n) is 2.51. The summed E-state index contributed by atoms with van der Waals surface area (Å²) in [7, 11) is 1.95. The van der Waals surface area contributed by atoms with Gasteiger partial charge in [-0.3, -0.25) is 9.59 Å². The van der Waals surface area contributed by atoms with Crippen LogP contribution in [-0.4, -0.2) is 51.1 Å². The number of nitrogens with zero attached hydrogens (tertiary/aromatic N) is 3. The molecule has 1 aliphatic heterocycles. The third-order valence-electron chi connectivity index (χ3n) is 3.62. The Bertz CT molecular complexity index is 503. The summed E-state index contributed by atoms with van der Waals surface area (Å²) in [5.41, 5.74) is 0. The molecule has 2 rings (SSSR count). The molecule has 1 aromatic heterocycles. The summed E-state index contributed by atoms with van der Waals surface area (Å²) in [5.74, 6) is 0.714. The van der Waals surface area contributed by atoms with Crippen LogP contribution in [0.25, 0.3) is 0 Å². The van der Waals surface area contributed by atoms with Gasteiger partial charge in [-0.05, 0) is 19.3 Å². The van der Waals surface area contributed by atoms with Crippen LogP contribution in [0.1, 0.15) is 26.2 Å². The first kappa shape index (κ1) is 15.9. The van der Waals surface area contributed by atoms with Crippen molar-refractivity contribution in [2.45, 2.75) is 37.4 Å². The van der Waals surface area contributed by atoms with Gasteiger partial charge in [0.2, 0.25) is 11.8 Å². The van der Waals surface area contributed by atoms with Gasteiger partial charge in [0.1, 0.15) is 6.04 Å². The Morgan fingerprint density at radius 2 is 2.29 bits per heavy atom. The largest absolute Gasteiger partial charge is 0.353 e. The zero-order chi connectivity index (χ0) is 15.2. The smallest absolute Gasteiger partial charge is 0.242 e. The lowest BCUT2D eigenvalue weighted by Crippen LogP contribution is -2.51. The van der Waals surface area contributed by atoms with Crippen LogP contribution >= 0.6 is 11.8 Å². The van der Waals surface area contributed by atoms with Crippen LogP contribution in [-0.2, 0) is 16.6 Å². The molecule has 1 aliphatic rings. The molecule has 1 atom stereocenters. The number of carbonyl (C=O) groups is 2. The van der Waals surface area contributed by atoms with Gasteiger partial charge >= 0.3 is 0 Å². The molecule has 0 bridgehead atoms. The zero-order valence-corrected chi connectivity index (χ0v) is 13.4. The summed E-state index contributed by atoms with van der Waals surface area (Å²) < 4.78 is 1.95. The van der Waals surface area contributed by atoms with Gasteiger partial charge in [-0.1, -0.05) is 11.8 Å². The quantitative estimate of drug-likeness (QED) is 0.651. The first-order valence-electron chi connectivity index (χ1n) is 7.24. The lowest BCUT2D eigenvalue weighted by Gasteiger charge is -2.33. The topological polar surface area (TPSA) is 67.2 Å². The molecule has 1 saturated heterocycles. The maximum Gasteiger partial charge on any atom is 0.242 e. The average Bonchev–Trinajstić information content (AvgIpc) is 2.88. The zero-order valence-electron chi connectivity index (χ0n) is 12.5. The van der Waals surface area contributed by atoms with E-state index in [2.05, 4.69) is 10.3 Å². The molecule has 0 spiro atoms. The van der Waals surface area contributed by atoms with Crippen molar-refractivity contribution in [2.24, 2.45) is 7.05 Å². The summed E-state index contributed by atoms with van der Waals surface area (Å²) in [6, 6.07) is -0.297. The Balaban J connectivity index is 1.75. The Morgan fingerprint density at radius 3 is 2.95 bits per heavy atom. The average molecular weight is 310 g/mol. The van der Waals surface area contributed by atoms with E-state index in [1.54, 1.807) is 22.9 Å². The molecule has 1 fully saturated rings. The molecular formula is C14H22N4O2S. The molecule has 1 N–H and O–H groups in total. The molecular weight excluding hydrogens is 288 g/mol. The number of nitrogens with one attached hydrogen (secondary N) is 1. The van der Waals surface area contributed by atoms with Crippen LogP contribution in [0.5, 0.6) is 0 Å². The van der Waals surface area contributed by atoms with E-state index in [9.17, 15) is 9.59 Å². The van der Waals surface area contributed by atoms with Gasteiger partial charge in [0.05, 0.1) is 0 Å². The third kappa shape index (κ3) is 4.23. The normalized spacial score (nSPS) is 18.6. The number of thioether (sulfide) groups is 1. The number of carbonyl (C=O) groups excluding carboxylic acids is 2.